The fourth-order valence-electron chi connectivity index (χ4n) is 1.06. The van der Waals surface area contributed by atoms with Crippen LogP contribution in [0.25, 0.3) is 0 Å². The second kappa shape index (κ2) is 16.3. The standard InChI is InChI=1S/C12H20N2OS.C2H6/c1-11(2)6-5-9-15-12(16-10-13)7-4-8-14-3;1-2/h11-12,14H,4,7-9H2,1-3H3;1-2H3. The summed E-state index contributed by atoms with van der Waals surface area (Å²) in [5, 5.41) is 13.8. The second-order valence-electron chi connectivity index (χ2n) is 3.67. The molecule has 1 unspecified atom stereocenters. The molecule has 0 heterocycles. The Hall–Kier alpha value is -0.680. The van der Waals surface area contributed by atoms with Crippen LogP contribution in [-0.2, 0) is 4.74 Å². The Labute approximate surface area is 117 Å². The number of ether oxygens (including phenoxy) is 1. The van der Waals surface area contributed by atoms with Crippen molar-refractivity contribution in [3.8, 4) is 17.2 Å². The molecule has 0 bridgehead atoms. The molecule has 0 aliphatic heterocycles. The summed E-state index contributed by atoms with van der Waals surface area (Å²) in [6.45, 7) is 9.45. The van der Waals surface area contributed by atoms with E-state index in [1.54, 1.807) is 0 Å². The molecule has 0 aromatic carbocycles. The average molecular weight is 270 g/mol. The lowest BCUT2D eigenvalue weighted by molar-refractivity contribution is 0.136. The summed E-state index contributed by atoms with van der Waals surface area (Å²) in [6.07, 6.45) is 1.88. The van der Waals surface area contributed by atoms with E-state index in [1.807, 2.05) is 34.7 Å². The van der Waals surface area contributed by atoms with Crippen LogP contribution in [0.3, 0.4) is 0 Å². The molecular formula is C14H26N2OS. The molecule has 1 atom stereocenters. The number of nitrogens with zero attached hydrogens (tertiary/aromatic N) is 1. The van der Waals surface area contributed by atoms with Crippen LogP contribution in [0.4, 0.5) is 0 Å². The highest BCUT2D eigenvalue weighted by Crippen LogP contribution is 2.15. The molecule has 0 amide bonds. The Morgan fingerprint density at radius 2 is 2.00 bits per heavy atom. The van der Waals surface area contributed by atoms with E-state index in [1.165, 1.54) is 11.8 Å². The molecule has 0 rings (SSSR count). The zero-order valence-electron chi connectivity index (χ0n) is 12.2. The summed E-state index contributed by atoms with van der Waals surface area (Å²) < 4.78 is 5.52. The fraction of sp³-hybridized carbons (Fsp3) is 0.786. The summed E-state index contributed by atoms with van der Waals surface area (Å²) in [4.78, 5) is 0. The Morgan fingerprint density at radius 1 is 1.33 bits per heavy atom. The summed E-state index contributed by atoms with van der Waals surface area (Å²) in [7, 11) is 1.92. The highest BCUT2D eigenvalue weighted by Gasteiger charge is 2.08. The molecule has 1 N–H and O–H groups in total. The number of nitriles is 1. The third-order valence-corrected chi connectivity index (χ3v) is 2.52. The molecular weight excluding hydrogens is 244 g/mol. The van der Waals surface area contributed by atoms with Crippen LogP contribution in [0.5, 0.6) is 0 Å². The lowest BCUT2D eigenvalue weighted by atomic mass is 10.2. The maximum atomic E-state index is 8.62. The minimum absolute atomic E-state index is 0.0557. The normalized spacial score (nSPS) is 10.7. The largest absolute Gasteiger partial charge is 0.354 e. The predicted octanol–water partition coefficient (Wildman–Crippen LogP) is 3.23. The van der Waals surface area contributed by atoms with Gasteiger partial charge in [-0.3, -0.25) is 0 Å². The summed E-state index contributed by atoms with van der Waals surface area (Å²) in [5.74, 6) is 6.35. The maximum absolute atomic E-state index is 8.62. The van der Waals surface area contributed by atoms with Gasteiger partial charge in [0.1, 0.15) is 17.4 Å². The quantitative estimate of drug-likeness (QED) is 0.334. The third-order valence-electron chi connectivity index (χ3n) is 1.78. The van der Waals surface area contributed by atoms with Crippen LogP contribution in [0.15, 0.2) is 0 Å². The molecule has 0 saturated heterocycles. The maximum Gasteiger partial charge on any atom is 0.136 e. The molecule has 4 heteroatoms. The van der Waals surface area contributed by atoms with Gasteiger partial charge in [0.2, 0.25) is 0 Å². The first-order valence-electron chi connectivity index (χ1n) is 6.50. The predicted molar refractivity (Wildman–Crippen MR) is 80.1 cm³/mol. The van der Waals surface area contributed by atoms with Crippen LogP contribution < -0.4 is 5.32 Å². The van der Waals surface area contributed by atoms with Crippen molar-refractivity contribution in [3.05, 3.63) is 0 Å². The van der Waals surface area contributed by atoms with Crippen LogP contribution >= 0.6 is 11.8 Å². The van der Waals surface area contributed by atoms with Gasteiger partial charge >= 0.3 is 0 Å². The SMILES string of the molecule is CC.CNCCCC(OCC#CC(C)C)SC#N. The minimum atomic E-state index is -0.0557. The Balaban J connectivity index is 0. The van der Waals surface area contributed by atoms with E-state index in [9.17, 15) is 0 Å². The van der Waals surface area contributed by atoms with Gasteiger partial charge in [0.15, 0.2) is 0 Å². The van der Waals surface area contributed by atoms with Crippen molar-refractivity contribution in [2.75, 3.05) is 20.2 Å². The number of nitrogens with one attached hydrogen (secondary N) is 1. The van der Waals surface area contributed by atoms with Crippen LogP contribution in [0.2, 0.25) is 0 Å². The number of thiocyanates is 1. The van der Waals surface area contributed by atoms with Gasteiger partial charge in [-0.05, 0) is 38.2 Å². The summed E-state index contributed by atoms with van der Waals surface area (Å²) >= 11 is 1.17. The number of rotatable bonds is 7. The fourth-order valence-corrected chi connectivity index (χ4v) is 1.60. The van der Waals surface area contributed by atoms with E-state index in [0.717, 1.165) is 19.4 Å². The molecule has 104 valence electrons. The number of thioether (sulfide) groups is 1. The van der Waals surface area contributed by atoms with Crippen molar-refractivity contribution in [2.45, 2.75) is 46.0 Å². The van der Waals surface area contributed by atoms with Gasteiger partial charge in [0, 0.05) is 5.92 Å². The third kappa shape index (κ3) is 15.3. The number of hydrogen-bond donors (Lipinski definition) is 1. The lowest BCUT2D eigenvalue weighted by Gasteiger charge is -2.11. The van der Waals surface area contributed by atoms with Gasteiger partial charge in [-0.1, -0.05) is 39.5 Å². The van der Waals surface area contributed by atoms with E-state index in [2.05, 4.69) is 22.6 Å². The summed E-state index contributed by atoms with van der Waals surface area (Å²) in [5.41, 5.74) is -0.0557. The van der Waals surface area contributed by atoms with Crippen LogP contribution in [0.1, 0.15) is 40.5 Å². The van der Waals surface area contributed by atoms with Gasteiger partial charge in [-0.15, -0.1) is 0 Å². The molecule has 3 nitrogen and oxygen atoms in total. The molecule has 0 aliphatic carbocycles. The van der Waals surface area contributed by atoms with Crippen molar-refractivity contribution < 1.29 is 4.74 Å². The Morgan fingerprint density at radius 3 is 2.50 bits per heavy atom. The van der Waals surface area contributed by atoms with Gasteiger partial charge < -0.3 is 10.1 Å². The van der Waals surface area contributed by atoms with Gasteiger partial charge in [-0.2, -0.15) is 5.26 Å². The van der Waals surface area contributed by atoms with Gasteiger partial charge in [0.05, 0.1) is 0 Å². The van der Waals surface area contributed by atoms with E-state index in [4.69, 9.17) is 10.00 Å². The number of hydrogen-bond acceptors (Lipinski definition) is 4. The van der Waals surface area contributed by atoms with Crippen molar-refractivity contribution in [1.29, 1.82) is 5.26 Å². The van der Waals surface area contributed by atoms with Crippen LogP contribution in [-0.4, -0.2) is 25.6 Å². The average Bonchev–Trinajstić information content (AvgIpc) is 2.37. The first-order chi connectivity index (χ1) is 8.70. The van der Waals surface area contributed by atoms with Gasteiger partial charge in [0.25, 0.3) is 0 Å². The molecule has 0 saturated carbocycles. The van der Waals surface area contributed by atoms with Crippen molar-refractivity contribution in [1.82, 2.24) is 5.32 Å². The van der Waals surface area contributed by atoms with Crippen molar-refractivity contribution >= 4 is 11.8 Å². The van der Waals surface area contributed by atoms with E-state index < -0.39 is 0 Å². The molecule has 18 heavy (non-hydrogen) atoms. The van der Waals surface area contributed by atoms with E-state index >= 15 is 0 Å². The Kier molecular flexibility index (Phi) is 17.8. The second-order valence-corrected chi connectivity index (χ2v) is 4.62. The summed E-state index contributed by atoms with van der Waals surface area (Å²) in [6, 6.07) is 0. The lowest BCUT2D eigenvalue weighted by Crippen LogP contribution is -2.13. The molecule has 0 aromatic rings. The first-order valence-corrected chi connectivity index (χ1v) is 7.38. The minimum Gasteiger partial charge on any atom is -0.354 e. The zero-order chi connectivity index (χ0) is 14.2. The van der Waals surface area contributed by atoms with Crippen molar-refractivity contribution in [3.63, 3.8) is 0 Å². The molecule has 0 aromatic heterocycles. The van der Waals surface area contributed by atoms with Crippen LogP contribution in [0, 0.1) is 28.4 Å². The monoisotopic (exact) mass is 270 g/mol. The van der Waals surface area contributed by atoms with E-state index in [-0.39, 0.29) is 5.44 Å². The molecule has 0 spiro atoms. The topological polar surface area (TPSA) is 45.0 Å². The molecule has 0 aliphatic rings. The Bertz CT molecular complexity index is 263. The van der Waals surface area contributed by atoms with Gasteiger partial charge in [-0.25, -0.2) is 0 Å². The molecule has 0 fully saturated rings. The molecule has 0 radical (unpaired) electrons. The van der Waals surface area contributed by atoms with Crippen molar-refractivity contribution in [2.24, 2.45) is 5.92 Å². The smallest absolute Gasteiger partial charge is 0.136 e. The first kappa shape index (κ1) is 19.7. The highest BCUT2D eigenvalue weighted by molar-refractivity contribution is 8.04. The highest BCUT2D eigenvalue weighted by atomic mass is 32.2. The zero-order valence-corrected chi connectivity index (χ0v) is 13.1. The van der Waals surface area contributed by atoms with E-state index in [0.29, 0.717) is 12.5 Å².